The first-order valence-electron chi connectivity index (χ1n) is 7.89. The molecule has 3 aliphatic rings. The number of hydrogen-bond acceptors (Lipinski definition) is 2. The molecule has 0 spiro atoms. The van der Waals surface area contributed by atoms with E-state index in [0.717, 1.165) is 37.1 Å². The third-order valence-electron chi connectivity index (χ3n) is 4.78. The minimum atomic E-state index is -0.0247. The molecule has 2 saturated carbocycles. The predicted octanol–water partition coefficient (Wildman–Crippen LogP) is 2.29. The van der Waals surface area contributed by atoms with Crippen LogP contribution in [0.3, 0.4) is 0 Å². The molecule has 0 aromatic carbocycles. The maximum atomic E-state index is 11.7. The van der Waals surface area contributed by atoms with Gasteiger partial charge in [-0.05, 0) is 63.2 Å². The molecule has 0 radical (unpaired) electrons. The van der Waals surface area contributed by atoms with Crippen LogP contribution in [0.1, 0.15) is 45.4 Å². The van der Waals surface area contributed by atoms with Crippen molar-refractivity contribution in [2.75, 3.05) is 13.1 Å². The van der Waals surface area contributed by atoms with Crippen LogP contribution in [0.2, 0.25) is 0 Å². The van der Waals surface area contributed by atoms with Crippen molar-refractivity contribution in [2.24, 2.45) is 17.8 Å². The second-order valence-corrected chi connectivity index (χ2v) is 6.59. The first kappa shape index (κ1) is 13.2. The van der Waals surface area contributed by atoms with Gasteiger partial charge in [0.2, 0.25) is 0 Å². The van der Waals surface area contributed by atoms with Gasteiger partial charge in [-0.3, -0.25) is 0 Å². The van der Waals surface area contributed by atoms with Crippen LogP contribution in [0, 0.1) is 17.8 Å². The zero-order chi connectivity index (χ0) is 13.2. The molecule has 0 aromatic heterocycles. The monoisotopic (exact) mass is 266 g/mol. The lowest BCUT2D eigenvalue weighted by Gasteiger charge is -2.27. The van der Waals surface area contributed by atoms with Crippen LogP contribution in [0.15, 0.2) is 0 Å². The molecule has 1 heterocycles. The van der Waals surface area contributed by atoms with Gasteiger partial charge >= 0.3 is 6.03 Å². The Morgan fingerprint density at radius 3 is 2.68 bits per heavy atom. The number of nitrogens with one attached hydrogen (secondary N) is 2. The lowest BCUT2D eigenvalue weighted by molar-refractivity contribution is -0.0368. The fraction of sp³-hybridized carbons (Fsp3) is 0.933. The topological polar surface area (TPSA) is 50.4 Å². The summed E-state index contributed by atoms with van der Waals surface area (Å²) >= 11 is 0. The van der Waals surface area contributed by atoms with Gasteiger partial charge in [0.25, 0.3) is 0 Å². The van der Waals surface area contributed by atoms with Crippen molar-refractivity contribution >= 4 is 6.03 Å². The number of amides is 2. The maximum Gasteiger partial charge on any atom is 0.314 e. The third kappa shape index (κ3) is 3.85. The standard InChI is InChI=1S/C15H26N2O2/c1-10-3-2-4-13(19-10)9-17-15(18)16-8-12-7-14(12)11-5-6-11/h10-14H,2-9H2,1H3,(H2,16,17,18)/t10?,12-,13?,14-/m0/s1. The van der Waals surface area contributed by atoms with Crippen LogP contribution < -0.4 is 10.6 Å². The number of carbonyl (C=O) groups excluding carboxylic acids is 1. The van der Waals surface area contributed by atoms with E-state index >= 15 is 0 Å². The minimum Gasteiger partial charge on any atom is -0.373 e. The molecule has 3 rings (SSSR count). The van der Waals surface area contributed by atoms with Gasteiger partial charge in [0.15, 0.2) is 0 Å². The van der Waals surface area contributed by atoms with Crippen LogP contribution in [-0.4, -0.2) is 31.3 Å². The van der Waals surface area contributed by atoms with Gasteiger partial charge in [0.05, 0.1) is 12.2 Å². The Balaban J connectivity index is 1.26. The highest BCUT2D eigenvalue weighted by atomic mass is 16.5. The average molecular weight is 266 g/mol. The molecular formula is C15H26N2O2. The molecule has 4 atom stereocenters. The van der Waals surface area contributed by atoms with Gasteiger partial charge in [-0.25, -0.2) is 4.79 Å². The highest BCUT2D eigenvalue weighted by Crippen LogP contribution is 2.53. The molecule has 4 heteroatoms. The number of ether oxygens (including phenoxy) is 1. The number of rotatable bonds is 5. The van der Waals surface area contributed by atoms with E-state index in [9.17, 15) is 4.79 Å². The average Bonchev–Trinajstić information content (AvgIpc) is 3.26. The van der Waals surface area contributed by atoms with E-state index in [1.165, 1.54) is 25.7 Å². The van der Waals surface area contributed by atoms with Gasteiger partial charge in [0.1, 0.15) is 0 Å². The van der Waals surface area contributed by atoms with Crippen LogP contribution in [-0.2, 0) is 4.74 Å². The highest BCUT2D eigenvalue weighted by molar-refractivity contribution is 5.73. The van der Waals surface area contributed by atoms with Crippen molar-refractivity contribution in [1.82, 2.24) is 10.6 Å². The van der Waals surface area contributed by atoms with Crippen molar-refractivity contribution in [1.29, 1.82) is 0 Å². The largest absolute Gasteiger partial charge is 0.373 e. The van der Waals surface area contributed by atoms with Crippen molar-refractivity contribution in [2.45, 2.75) is 57.7 Å². The Bertz CT molecular complexity index is 330. The number of urea groups is 1. The summed E-state index contributed by atoms with van der Waals surface area (Å²) in [5, 5.41) is 5.94. The normalized spacial score (nSPS) is 37.7. The summed E-state index contributed by atoms with van der Waals surface area (Å²) in [6.45, 7) is 3.61. The second kappa shape index (κ2) is 5.70. The SMILES string of the molecule is CC1CCCC(CNC(=O)NC[C@@H]2C[C@H]2C2CC2)O1. The number of carbonyl (C=O) groups is 1. The Labute approximate surface area is 115 Å². The fourth-order valence-corrected chi connectivity index (χ4v) is 3.35. The predicted molar refractivity (Wildman–Crippen MR) is 73.9 cm³/mol. The molecule has 4 nitrogen and oxygen atoms in total. The molecule has 1 aliphatic heterocycles. The second-order valence-electron chi connectivity index (χ2n) is 6.59. The molecular weight excluding hydrogens is 240 g/mol. The maximum absolute atomic E-state index is 11.7. The summed E-state index contributed by atoms with van der Waals surface area (Å²) < 4.78 is 5.79. The molecule has 108 valence electrons. The molecule has 0 bridgehead atoms. The van der Waals surface area contributed by atoms with E-state index in [1.54, 1.807) is 0 Å². The smallest absolute Gasteiger partial charge is 0.314 e. The summed E-state index contributed by atoms with van der Waals surface area (Å²) in [6, 6.07) is -0.0247. The Morgan fingerprint density at radius 1 is 1.16 bits per heavy atom. The summed E-state index contributed by atoms with van der Waals surface area (Å²) in [7, 11) is 0. The molecule has 19 heavy (non-hydrogen) atoms. The molecule has 3 fully saturated rings. The van der Waals surface area contributed by atoms with Crippen LogP contribution in [0.4, 0.5) is 4.79 Å². The van der Waals surface area contributed by atoms with Crippen molar-refractivity contribution in [3.8, 4) is 0 Å². The van der Waals surface area contributed by atoms with Gasteiger partial charge in [-0.15, -0.1) is 0 Å². The van der Waals surface area contributed by atoms with E-state index in [-0.39, 0.29) is 12.1 Å². The highest BCUT2D eigenvalue weighted by Gasteiger charge is 2.47. The summed E-state index contributed by atoms with van der Waals surface area (Å²) in [6.07, 6.45) is 8.14. The Kier molecular flexibility index (Phi) is 3.96. The van der Waals surface area contributed by atoms with Crippen LogP contribution >= 0.6 is 0 Å². The van der Waals surface area contributed by atoms with Crippen molar-refractivity contribution in [3.63, 3.8) is 0 Å². The molecule has 1 saturated heterocycles. The van der Waals surface area contributed by atoms with E-state index < -0.39 is 0 Å². The zero-order valence-corrected chi connectivity index (χ0v) is 11.9. The van der Waals surface area contributed by atoms with Gasteiger partial charge in [-0.2, -0.15) is 0 Å². The van der Waals surface area contributed by atoms with E-state index in [1.807, 2.05) is 0 Å². The first-order valence-corrected chi connectivity index (χ1v) is 7.89. The summed E-state index contributed by atoms with van der Waals surface area (Å²) in [5.41, 5.74) is 0. The number of hydrogen-bond donors (Lipinski definition) is 2. The molecule has 2 amide bonds. The fourth-order valence-electron chi connectivity index (χ4n) is 3.35. The summed E-state index contributed by atoms with van der Waals surface area (Å²) in [5.74, 6) is 2.67. The zero-order valence-electron chi connectivity index (χ0n) is 11.9. The minimum absolute atomic E-state index is 0.0247. The summed E-state index contributed by atoms with van der Waals surface area (Å²) in [4.78, 5) is 11.7. The van der Waals surface area contributed by atoms with E-state index in [4.69, 9.17) is 4.74 Å². The lowest BCUT2D eigenvalue weighted by atomic mass is 10.1. The van der Waals surface area contributed by atoms with Crippen molar-refractivity contribution < 1.29 is 9.53 Å². The molecule has 0 aromatic rings. The first-order chi connectivity index (χ1) is 9.22. The van der Waals surface area contributed by atoms with Crippen LogP contribution in [0.5, 0.6) is 0 Å². The van der Waals surface area contributed by atoms with Gasteiger partial charge in [-0.1, -0.05) is 0 Å². The Morgan fingerprint density at radius 2 is 1.95 bits per heavy atom. The van der Waals surface area contributed by atoms with Crippen LogP contribution in [0.25, 0.3) is 0 Å². The van der Waals surface area contributed by atoms with E-state index in [2.05, 4.69) is 17.6 Å². The quantitative estimate of drug-likeness (QED) is 0.802. The molecule has 2 N–H and O–H groups in total. The van der Waals surface area contributed by atoms with Gasteiger partial charge in [0, 0.05) is 13.1 Å². The lowest BCUT2D eigenvalue weighted by Crippen LogP contribution is -2.42. The molecule has 2 unspecified atom stereocenters. The molecule has 2 aliphatic carbocycles. The van der Waals surface area contributed by atoms with E-state index in [0.29, 0.717) is 12.6 Å². The van der Waals surface area contributed by atoms with Gasteiger partial charge < -0.3 is 15.4 Å². The van der Waals surface area contributed by atoms with Crippen molar-refractivity contribution in [3.05, 3.63) is 0 Å². The third-order valence-corrected chi connectivity index (χ3v) is 4.78. The Hall–Kier alpha value is -0.770.